The second-order valence-corrected chi connectivity index (χ2v) is 35.0. The molecule has 9 aromatic rings. The van der Waals surface area contributed by atoms with Crippen LogP contribution in [0.5, 0.6) is 17.2 Å². The third-order valence-corrected chi connectivity index (χ3v) is 24.2. The summed E-state index contributed by atoms with van der Waals surface area (Å²) < 4.78 is 138. The predicted octanol–water partition coefficient (Wildman–Crippen LogP) is 12.0. The summed E-state index contributed by atoms with van der Waals surface area (Å²) in [6.45, 7) is 33.9. The zero-order valence-electron chi connectivity index (χ0n) is 84.8. The molecule has 3 amide bonds. The van der Waals surface area contributed by atoms with Crippen molar-refractivity contribution in [3.05, 3.63) is 234 Å². The Kier molecular flexibility index (Phi) is 59.0. The Hall–Kier alpha value is -12.5. The molecule has 0 fully saturated rings. The monoisotopic (exact) mass is 2130 g/mol. The number of hydrogen-bond donors (Lipinski definition) is 1. The normalized spacial score (nSPS) is 12.5. The van der Waals surface area contributed by atoms with Crippen LogP contribution in [0.25, 0.3) is 60.5 Å². The number of amides is 3. The van der Waals surface area contributed by atoms with Crippen molar-refractivity contribution in [3.63, 3.8) is 0 Å². The number of carbonyl (C=O) groups excluding carboxylic acids is 9. The van der Waals surface area contributed by atoms with E-state index >= 15 is 0 Å². The summed E-state index contributed by atoms with van der Waals surface area (Å²) >= 11 is 4.54. The zero-order chi connectivity index (χ0) is 108. The number of rotatable bonds is 74. The van der Waals surface area contributed by atoms with Crippen molar-refractivity contribution >= 4 is 148 Å². The first-order chi connectivity index (χ1) is 72.1. The highest BCUT2D eigenvalue weighted by Crippen LogP contribution is 2.31. The molecule has 810 valence electrons. The van der Waals surface area contributed by atoms with Gasteiger partial charge in [-0.1, -0.05) is 89.2 Å². The van der Waals surface area contributed by atoms with Gasteiger partial charge in [-0.2, -0.15) is 0 Å². The molecular weight excluding hydrogens is 2000 g/mol. The van der Waals surface area contributed by atoms with Gasteiger partial charge in [-0.05, 0) is 132 Å². The molecule has 0 bridgehead atoms. The van der Waals surface area contributed by atoms with Gasteiger partial charge in [0.05, 0.1) is 139 Å². The van der Waals surface area contributed by atoms with Crippen LogP contribution in [0, 0.1) is 0 Å². The van der Waals surface area contributed by atoms with E-state index in [0.29, 0.717) is 56.1 Å². The summed E-state index contributed by atoms with van der Waals surface area (Å²) in [6.07, 6.45) is 4.61. The Morgan fingerprint density at radius 2 is 0.550 bits per heavy atom. The summed E-state index contributed by atoms with van der Waals surface area (Å²) in [7, 11) is 0. The lowest BCUT2D eigenvalue weighted by Gasteiger charge is -2.36. The fraction of sp³-hybridized carbons (Fsp3) is 0.439. The van der Waals surface area contributed by atoms with E-state index in [0.717, 1.165) is 77.5 Å². The van der Waals surface area contributed by atoms with Gasteiger partial charge in [-0.25, -0.2) is 28.8 Å². The molecule has 3 heterocycles. The lowest BCUT2D eigenvalue weighted by molar-refractivity contribution is -0.202. The fourth-order valence-electron chi connectivity index (χ4n) is 13.1. The van der Waals surface area contributed by atoms with Crippen LogP contribution in [-0.2, 0) is 143 Å². The molecule has 0 saturated heterocycles. The van der Waals surface area contributed by atoms with Gasteiger partial charge in [-0.15, -0.1) is 34.0 Å². The highest BCUT2D eigenvalue weighted by atomic mass is 32.1. The topological polar surface area (TPSA) is 445 Å². The second-order valence-electron chi connectivity index (χ2n) is 31.7. The SMILES string of the molecule is C=CC(=O)OCCN(CCCC)C(=O)COc1ccc2sc3ccccc3c(=O)c2c1.C=CC(=O)OCCOCCOC(C)OCC(COC(C)OCCOCCOC(=O)C=C)(COC(C)OCCOCCOC(=O)C=C)NC(=O)COc1ccc2sc3ccccc3c(=O)c2c1.C=CC(=O)OCCOCCOC(C)OCCN(CCOC(C)OCCOCCOC(=O)C=C)C(=O)COc1ccc2sc3ccccc3c(=O)c2c1. The summed E-state index contributed by atoms with van der Waals surface area (Å²) in [5.74, 6) is -3.13. The summed E-state index contributed by atoms with van der Waals surface area (Å²) in [4.78, 5) is 149. The van der Waals surface area contributed by atoms with Crippen molar-refractivity contribution in [2.75, 3.05) is 218 Å². The first-order valence-electron chi connectivity index (χ1n) is 48.0. The zero-order valence-corrected chi connectivity index (χ0v) is 87.2. The number of ether oxygens (including phenoxy) is 24. The van der Waals surface area contributed by atoms with Crippen LogP contribution >= 0.6 is 34.0 Å². The van der Waals surface area contributed by atoms with Gasteiger partial charge in [0, 0.05) is 117 Å². The van der Waals surface area contributed by atoms with Crippen molar-refractivity contribution in [3.8, 4) is 17.2 Å². The van der Waals surface area contributed by atoms with Gasteiger partial charge in [0.1, 0.15) is 62.4 Å². The van der Waals surface area contributed by atoms with Gasteiger partial charge >= 0.3 is 35.8 Å². The molecule has 5 unspecified atom stereocenters. The second kappa shape index (κ2) is 71.2. The lowest BCUT2D eigenvalue weighted by Crippen LogP contribution is -2.60. The van der Waals surface area contributed by atoms with E-state index in [4.69, 9.17) is 114 Å². The summed E-state index contributed by atoms with van der Waals surface area (Å²) in [5, 5.41) is 6.42. The highest BCUT2D eigenvalue weighted by molar-refractivity contribution is 7.25. The number of carbonyl (C=O) groups is 9. The number of benzene rings is 6. The van der Waals surface area contributed by atoms with E-state index in [1.165, 1.54) is 22.7 Å². The van der Waals surface area contributed by atoms with Crippen LogP contribution in [-0.4, -0.2) is 318 Å². The minimum Gasteiger partial charge on any atom is -0.484 e. The molecule has 9 rings (SSSR count). The quantitative estimate of drug-likeness (QED) is 0.00923. The molecule has 5 atom stereocenters. The third-order valence-electron chi connectivity index (χ3n) is 20.7. The minimum absolute atomic E-state index is 0.0465. The molecule has 6 aromatic carbocycles. The first-order valence-corrected chi connectivity index (χ1v) is 50.5. The van der Waals surface area contributed by atoms with E-state index in [-0.39, 0.29) is 233 Å². The standard InChI is InChI=1S/C46H61NO18S.C37H47NO13S.C24H25NO5S/c1-7-42(49)59-25-19-53-16-22-56-33(4)63-30-46(31-64-34(5)57-23-17-54-20-26-60-43(50)8-2,32-65-35(6)58-24-18-55-21-27-61-44(51)9-3)47-41(48)29-62-36-14-15-40-38(28-36)45(52)37-12-10-11-13-39(37)66-40;1-5-35(40)49-23-19-43-17-21-47-27(3)45-15-13-38(14-16-46-28(4)48-22-18-44-20-24-50-36(41)6-2)34(39)26-51-29-11-12-33-31(25-29)37(42)30-9-7-8-10-32(30)52-33;1-3-5-12-25(13-14-29-23(27)4-2)22(26)16-30-17-10-11-21-19(15-17)24(28)18-8-6-7-9-20(18)31-21/h7-15,28,33-35H,1-3,16-27,29-32H2,4-6H3,(H,47,48);5-12,25,27-28H,1-2,13-24,26H2,3-4H3;4,6-11,15H,2-3,5,12-14,16H2,1H3. The van der Waals surface area contributed by atoms with E-state index in [9.17, 15) is 57.5 Å². The van der Waals surface area contributed by atoms with E-state index in [1.54, 1.807) is 116 Å². The maximum absolute atomic E-state index is 13.8. The van der Waals surface area contributed by atoms with Gasteiger partial charge in [0.15, 0.2) is 67.6 Å². The molecule has 39 nitrogen and oxygen atoms in total. The van der Waals surface area contributed by atoms with E-state index in [2.05, 4.69) is 44.8 Å². The van der Waals surface area contributed by atoms with Crippen LogP contribution < -0.4 is 35.8 Å². The molecular formula is C107H133N3O36S3. The van der Waals surface area contributed by atoms with Crippen molar-refractivity contribution in [2.24, 2.45) is 0 Å². The molecule has 0 spiro atoms. The Balaban J connectivity index is 0.000000321. The molecule has 42 heteroatoms. The Morgan fingerprint density at radius 1 is 0.302 bits per heavy atom. The van der Waals surface area contributed by atoms with Gasteiger partial charge in [0.2, 0.25) is 0 Å². The summed E-state index contributed by atoms with van der Waals surface area (Å²) in [5.41, 5.74) is -1.70. The molecule has 0 saturated carbocycles. The minimum atomic E-state index is -1.41. The summed E-state index contributed by atoms with van der Waals surface area (Å²) in [6, 6.07) is 37.9. The Morgan fingerprint density at radius 3 is 0.846 bits per heavy atom. The molecule has 149 heavy (non-hydrogen) atoms. The highest BCUT2D eigenvalue weighted by Gasteiger charge is 2.37. The van der Waals surface area contributed by atoms with Crippen LogP contribution in [0.4, 0.5) is 0 Å². The predicted molar refractivity (Wildman–Crippen MR) is 560 cm³/mol. The number of fused-ring (bicyclic) bond motifs is 6. The van der Waals surface area contributed by atoms with Crippen LogP contribution in [0.3, 0.4) is 0 Å². The number of nitrogens with one attached hydrogen (secondary N) is 1. The molecule has 0 aliphatic carbocycles. The van der Waals surface area contributed by atoms with Crippen LogP contribution in [0.1, 0.15) is 54.4 Å². The largest absolute Gasteiger partial charge is 0.484 e. The Labute approximate surface area is 875 Å². The number of unbranched alkanes of at least 4 members (excludes halogenated alkanes) is 1. The van der Waals surface area contributed by atoms with Crippen molar-refractivity contribution in [1.82, 2.24) is 15.1 Å². The van der Waals surface area contributed by atoms with E-state index in [1.807, 2.05) is 73.7 Å². The first kappa shape index (κ1) is 123. The molecule has 0 aliphatic heterocycles. The Bertz CT molecular complexity index is 5800. The fourth-order valence-corrected chi connectivity index (χ4v) is 16.3. The van der Waals surface area contributed by atoms with Gasteiger partial charge in [-0.3, -0.25) is 28.8 Å². The number of hydrogen-bond acceptors (Lipinski definition) is 39. The van der Waals surface area contributed by atoms with Gasteiger partial charge in [0.25, 0.3) is 17.7 Å². The average molecular weight is 2130 g/mol. The molecule has 0 aliphatic rings. The molecule has 0 radical (unpaired) electrons. The van der Waals surface area contributed by atoms with Crippen LogP contribution in [0.15, 0.2) is 218 Å². The smallest absolute Gasteiger partial charge is 0.330 e. The average Bonchev–Trinajstić information content (AvgIpc) is 0.785. The number of esters is 6. The van der Waals surface area contributed by atoms with Crippen molar-refractivity contribution < 1.29 is 157 Å². The molecule has 3 aromatic heterocycles. The maximum Gasteiger partial charge on any atom is 0.330 e. The van der Waals surface area contributed by atoms with Crippen molar-refractivity contribution in [2.45, 2.75) is 91.4 Å². The van der Waals surface area contributed by atoms with Gasteiger partial charge < -0.3 is 129 Å². The maximum atomic E-state index is 13.8. The van der Waals surface area contributed by atoms with Crippen molar-refractivity contribution in [1.29, 1.82) is 0 Å². The van der Waals surface area contributed by atoms with E-state index < -0.39 is 85.3 Å². The van der Waals surface area contributed by atoms with Crippen LogP contribution in [0.2, 0.25) is 0 Å². The third kappa shape index (κ3) is 47.5. The molecule has 1 N–H and O–H groups in total. The lowest BCUT2D eigenvalue weighted by atomic mass is 10.0. The number of nitrogens with zero attached hydrogens (tertiary/aromatic N) is 2.